The number of rotatable bonds is 4. The van der Waals surface area contributed by atoms with Gasteiger partial charge in [-0.3, -0.25) is 24.2 Å². The van der Waals surface area contributed by atoms with Gasteiger partial charge in [0.15, 0.2) is 0 Å². The average Bonchev–Trinajstić information content (AvgIpc) is 3.21. The number of thiophene rings is 1. The summed E-state index contributed by atoms with van der Waals surface area (Å²) in [6.45, 7) is 4.85. The molecule has 2 aromatic rings. The summed E-state index contributed by atoms with van der Waals surface area (Å²) in [5, 5.41) is 6.12. The minimum absolute atomic E-state index is 0.121. The first-order valence-electron chi connectivity index (χ1n) is 11.6. The van der Waals surface area contributed by atoms with Crippen LogP contribution in [0.3, 0.4) is 0 Å². The average molecular weight is 484 g/mol. The number of aryl methyl sites for hydroxylation is 1. The van der Waals surface area contributed by atoms with Crippen molar-refractivity contribution in [2.75, 3.05) is 31.5 Å². The Bertz CT molecular complexity index is 1090. The Balaban J connectivity index is 1.50. The Morgan fingerprint density at radius 1 is 1.03 bits per heavy atom. The van der Waals surface area contributed by atoms with Gasteiger partial charge in [0.2, 0.25) is 0 Å². The molecule has 9 nitrogen and oxygen atoms in total. The SMILES string of the molecule is CC(C)NC(=O)C(=O)N1CCN(C(=O)c2c(NC(=O)c3cccnc3)sc3c2CCCC3)CC1. The molecule has 1 saturated heterocycles. The fourth-order valence-corrected chi connectivity index (χ4v) is 5.57. The quantitative estimate of drug-likeness (QED) is 0.647. The first-order valence-corrected chi connectivity index (χ1v) is 12.4. The molecule has 0 unspecified atom stereocenters. The van der Waals surface area contributed by atoms with Crippen LogP contribution in [0.1, 0.15) is 57.8 Å². The van der Waals surface area contributed by atoms with Gasteiger partial charge in [0.05, 0.1) is 11.1 Å². The lowest BCUT2D eigenvalue weighted by atomic mass is 9.95. The maximum absolute atomic E-state index is 13.6. The molecule has 0 radical (unpaired) electrons. The largest absolute Gasteiger partial charge is 0.346 e. The van der Waals surface area contributed by atoms with E-state index in [1.807, 2.05) is 0 Å². The summed E-state index contributed by atoms with van der Waals surface area (Å²) in [6, 6.07) is 3.26. The lowest BCUT2D eigenvalue weighted by molar-refractivity contribution is -0.147. The topological polar surface area (TPSA) is 112 Å². The van der Waals surface area contributed by atoms with E-state index >= 15 is 0 Å². The van der Waals surface area contributed by atoms with Crippen molar-refractivity contribution in [3.8, 4) is 0 Å². The van der Waals surface area contributed by atoms with Gasteiger partial charge in [-0.15, -0.1) is 11.3 Å². The fraction of sp³-hybridized carbons (Fsp3) is 0.458. The Hall–Kier alpha value is -3.27. The molecule has 1 aliphatic carbocycles. The summed E-state index contributed by atoms with van der Waals surface area (Å²) in [7, 11) is 0. The molecule has 2 aromatic heterocycles. The van der Waals surface area contributed by atoms with Gasteiger partial charge in [0.25, 0.3) is 11.8 Å². The van der Waals surface area contributed by atoms with Gasteiger partial charge >= 0.3 is 11.8 Å². The third kappa shape index (κ3) is 5.11. The van der Waals surface area contributed by atoms with E-state index in [-0.39, 0.29) is 17.9 Å². The number of nitrogens with one attached hydrogen (secondary N) is 2. The lowest BCUT2D eigenvalue weighted by Crippen LogP contribution is -2.54. The van der Waals surface area contributed by atoms with Gasteiger partial charge in [0.1, 0.15) is 5.00 Å². The summed E-state index contributed by atoms with van der Waals surface area (Å²) < 4.78 is 0. The van der Waals surface area contributed by atoms with E-state index in [1.54, 1.807) is 37.1 Å². The van der Waals surface area contributed by atoms with E-state index in [1.165, 1.54) is 22.4 Å². The van der Waals surface area contributed by atoms with Crippen LogP contribution in [0, 0.1) is 0 Å². The van der Waals surface area contributed by atoms with E-state index in [4.69, 9.17) is 0 Å². The van der Waals surface area contributed by atoms with Crippen LogP contribution in [0.5, 0.6) is 0 Å². The number of hydrogen-bond acceptors (Lipinski definition) is 6. The summed E-state index contributed by atoms with van der Waals surface area (Å²) >= 11 is 1.47. The van der Waals surface area contributed by atoms with Crippen molar-refractivity contribution in [2.45, 2.75) is 45.6 Å². The van der Waals surface area contributed by atoms with Crippen LogP contribution in [0.15, 0.2) is 24.5 Å². The summed E-state index contributed by atoms with van der Waals surface area (Å²) in [5.41, 5.74) is 2.02. The zero-order valence-electron chi connectivity index (χ0n) is 19.4. The van der Waals surface area contributed by atoms with Gasteiger partial charge < -0.3 is 20.4 Å². The van der Waals surface area contributed by atoms with Crippen molar-refractivity contribution in [2.24, 2.45) is 0 Å². The first kappa shape index (κ1) is 23.9. The molecule has 4 rings (SSSR count). The molecule has 4 amide bonds. The van der Waals surface area contributed by atoms with E-state index in [0.29, 0.717) is 42.3 Å². The van der Waals surface area contributed by atoms with Crippen molar-refractivity contribution < 1.29 is 19.2 Å². The number of anilines is 1. The number of pyridine rings is 1. The van der Waals surface area contributed by atoms with Crippen LogP contribution in [-0.4, -0.2) is 70.6 Å². The summed E-state index contributed by atoms with van der Waals surface area (Å²) in [5.74, 6) is -1.63. The standard InChI is InChI=1S/C24H29N5O4S/c1-15(2)26-21(31)24(33)29-12-10-28(11-13-29)23(32)19-17-7-3-4-8-18(17)34-22(19)27-20(30)16-6-5-9-25-14-16/h5-6,9,14-15H,3-4,7-8,10-13H2,1-2H3,(H,26,31)(H,27,30). The van der Waals surface area contributed by atoms with Gasteiger partial charge in [-0.2, -0.15) is 0 Å². The molecule has 2 N–H and O–H groups in total. The molecule has 1 aliphatic heterocycles. The number of aromatic nitrogens is 1. The minimum atomic E-state index is -0.623. The maximum atomic E-state index is 13.6. The molecule has 1 fully saturated rings. The first-order chi connectivity index (χ1) is 16.3. The molecular weight excluding hydrogens is 454 g/mol. The minimum Gasteiger partial charge on any atom is -0.346 e. The van der Waals surface area contributed by atoms with E-state index in [0.717, 1.165) is 36.1 Å². The number of amides is 4. The highest BCUT2D eigenvalue weighted by Crippen LogP contribution is 2.39. The Labute approximate surface area is 202 Å². The molecule has 0 aromatic carbocycles. The second kappa shape index (κ2) is 10.3. The van der Waals surface area contributed by atoms with Gasteiger partial charge in [-0.25, -0.2) is 0 Å². The monoisotopic (exact) mass is 483 g/mol. The van der Waals surface area contributed by atoms with E-state index in [2.05, 4.69) is 15.6 Å². The lowest BCUT2D eigenvalue weighted by Gasteiger charge is -2.34. The highest BCUT2D eigenvalue weighted by atomic mass is 32.1. The summed E-state index contributed by atoms with van der Waals surface area (Å²) in [4.78, 5) is 59.2. The third-order valence-electron chi connectivity index (χ3n) is 6.00. The molecule has 0 spiro atoms. The molecule has 34 heavy (non-hydrogen) atoms. The predicted octanol–water partition coefficient (Wildman–Crippen LogP) is 2.08. The van der Waals surface area contributed by atoms with Crippen molar-refractivity contribution in [1.29, 1.82) is 0 Å². The van der Waals surface area contributed by atoms with Gasteiger partial charge in [0, 0.05) is 49.5 Å². The molecule has 180 valence electrons. The van der Waals surface area contributed by atoms with Crippen LogP contribution in [0.25, 0.3) is 0 Å². The second-order valence-corrected chi connectivity index (χ2v) is 9.93. The maximum Gasteiger partial charge on any atom is 0.312 e. The molecule has 2 aliphatic rings. The highest BCUT2D eigenvalue weighted by molar-refractivity contribution is 7.17. The van der Waals surface area contributed by atoms with Crippen LogP contribution < -0.4 is 10.6 Å². The molecule has 0 bridgehead atoms. The van der Waals surface area contributed by atoms with Crippen LogP contribution in [0.4, 0.5) is 5.00 Å². The predicted molar refractivity (Wildman–Crippen MR) is 129 cm³/mol. The van der Waals surface area contributed by atoms with Gasteiger partial charge in [-0.05, 0) is 57.2 Å². The number of carbonyl (C=O) groups is 4. The van der Waals surface area contributed by atoms with Crippen LogP contribution in [-0.2, 0) is 22.4 Å². The second-order valence-electron chi connectivity index (χ2n) is 8.82. The van der Waals surface area contributed by atoms with Crippen molar-refractivity contribution >= 4 is 40.0 Å². The number of nitrogens with zero attached hydrogens (tertiary/aromatic N) is 3. The van der Waals surface area contributed by atoms with Crippen molar-refractivity contribution in [3.05, 3.63) is 46.1 Å². The molecular formula is C24H29N5O4S. The molecule has 0 atom stereocenters. The summed E-state index contributed by atoms with van der Waals surface area (Å²) in [6.07, 6.45) is 6.88. The Morgan fingerprint density at radius 2 is 1.74 bits per heavy atom. The molecule has 3 heterocycles. The molecule has 0 saturated carbocycles. The Kier molecular flexibility index (Phi) is 7.26. The van der Waals surface area contributed by atoms with Crippen LogP contribution in [0.2, 0.25) is 0 Å². The van der Waals surface area contributed by atoms with E-state index in [9.17, 15) is 19.2 Å². The fourth-order valence-electron chi connectivity index (χ4n) is 4.29. The number of carbonyl (C=O) groups excluding carboxylic acids is 4. The molecule has 10 heteroatoms. The number of hydrogen-bond donors (Lipinski definition) is 2. The van der Waals surface area contributed by atoms with E-state index < -0.39 is 11.8 Å². The smallest absolute Gasteiger partial charge is 0.312 e. The number of piperazine rings is 1. The third-order valence-corrected chi connectivity index (χ3v) is 7.21. The zero-order chi connectivity index (χ0) is 24.2. The highest BCUT2D eigenvalue weighted by Gasteiger charge is 2.33. The van der Waals surface area contributed by atoms with Crippen molar-refractivity contribution in [3.63, 3.8) is 0 Å². The van der Waals surface area contributed by atoms with Crippen LogP contribution >= 0.6 is 11.3 Å². The van der Waals surface area contributed by atoms with Gasteiger partial charge in [-0.1, -0.05) is 0 Å². The normalized spacial score (nSPS) is 15.6. The number of fused-ring (bicyclic) bond motifs is 1. The van der Waals surface area contributed by atoms with Crippen molar-refractivity contribution in [1.82, 2.24) is 20.1 Å². The zero-order valence-corrected chi connectivity index (χ0v) is 20.2. The Morgan fingerprint density at radius 3 is 2.41 bits per heavy atom.